The number of H-pyrrole nitrogens is 1. The molecule has 2 unspecified atom stereocenters. The van der Waals surface area contributed by atoms with Gasteiger partial charge in [-0.25, -0.2) is 24.6 Å². The minimum absolute atomic E-state index is 0.112. The maximum Gasteiger partial charge on any atom is 0.453 e. The highest BCUT2D eigenvalue weighted by Gasteiger charge is 2.60. The van der Waals surface area contributed by atoms with Gasteiger partial charge in [0, 0.05) is 38.1 Å². The number of hydrogen-bond acceptors (Lipinski definition) is 10. The van der Waals surface area contributed by atoms with E-state index in [1.807, 2.05) is 0 Å². The second kappa shape index (κ2) is 17.9. The van der Waals surface area contributed by atoms with Crippen molar-refractivity contribution in [3.63, 3.8) is 0 Å². The standard InChI is InChI=1S/C31H40F5N9O5.C2H2/c1-5-22-25(43-8-10-44(11-9-43)28(48)24-26(47)20(4)37-16-39-24)29(49)45(42-27(40-17-38-22)21-6-12-50-13-7-21)15-23(46)41-19(3)14-18(2)30(32,33)31(34,35)36;1-2/h6,16-19,47H,5,7-15H2,1-4H3,(H,41,46)(H,38,40,42);1-2H. The van der Waals surface area contributed by atoms with Crippen LogP contribution in [0.25, 0.3) is 5.57 Å². The number of ether oxygens (including phenoxy) is 1. The van der Waals surface area contributed by atoms with E-state index in [0.717, 1.165) is 11.6 Å². The zero-order chi connectivity index (χ0) is 38.8. The molecule has 0 aromatic carbocycles. The van der Waals surface area contributed by atoms with Crippen molar-refractivity contribution >= 4 is 23.1 Å². The van der Waals surface area contributed by atoms with Gasteiger partial charge < -0.3 is 25.0 Å². The van der Waals surface area contributed by atoms with E-state index in [9.17, 15) is 41.4 Å². The minimum Gasteiger partial charge on any atom is -0.504 e. The number of alkyl halides is 5. The Hall–Kier alpha value is -5.12. The largest absolute Gasteiger partial charge is 0.504 e. The highest BCUT2D eigenvalue weighted by Crippen LogP contribution is 2.42. The number of nitrogens with zero attached hydrogens (tertiary/aromatic N) is 7. The molecule has 2 aliphatic rings. The first-order valence-electron chi connectivity index (χ1n) is 16.4. The summed E-state index contributed by atoms with van der Waals surface area (Å²) in [5.74, 6) is -8.56. The molecule has 0 spiro atoms. The number of anilines is 1. The summed E-state index contributed by atoms with van der Waals surface area (Å²) in [4.78, 5) is 60.6. The number of aromatic nitrogens is 6. The van der Waals surface area contributed by atoms with Crippen molar-refractivity contribution in [3.05, 3.63) is 52.0 Å². The van der Waals surface area contributed by atoms with Gasteiger partial charge in [0.2, 0.25) is 5.91 Å². The van der Waals surface area contributed by atoms with Gasteiger partial charge in [-0.15, -0.1) is 12.8 Å². The number of aromatic hydroxyl groups is 1. The van der Waals surface area contributed by atoms with Crippen LogP contribution in [0.15, 0.2) is 23.5 Å². The van der Waals surface area contributed by atoms with Crippen molar-refractivity contribution in [2.24, 2.45) is 5.92 Å². The second-order valence-electron chi connectivity index (χ2n) is 12.1. The predicted molar refractivity (Wildman–Crippen MR) is 180 cm³/mol. The number of carbonyl (C=O) groups is 2. The van der Waals surface area contributed by atoms with Crippen LogP contribution in [-0.2, 0) is 22.5 Å². The Labute approximate surface area is 296 Å². The van der Waals surface area contributed by atoms with E-state index in [2.05, 4.69) is 43.2 Å². The highest BCUT2D eigenvalue weighted by molar-refractivity contribution is 5.95. The van der Waals surface area contributed by atoms with E-state index in [0.29, 0.717) is 24.3 Å². The summed E-state index contributed by atoms with van der Waals surface area (Å²) >= 11 is 0. The SMILES string of the molecule is C#C.CCc1ncnc(C2=CCOCC2)[nH]n(CC(=O)NC(C)CC(C)C(F)(F)C(F)(F)F)c(=O)c1N1CCN(C(=O)c2ncnc(C)c2O)CC1. The number of nitrogens with one attached hydrogen (secondary N) is 2. The Morgan fingerprint density at radius 2 is 1.71 bits per heavy atom. The van der Waals surface area contributed by atoms with Gasteiger partial charge in [-0.3, -0.25) is 19.5 Å². The van der Waals surface area contributed by atoms with E-state index in [-0.39, 0.29) is 67.9 Å². The molecule has 284 valence electrons. The molecule has 1 fully saturated rings. The zero-order valence-corrected chi connectivity index (χ0v) is 29.2. The molecular weight excluding hydrogens is 697 g/mol. The topological polar surface area (TPSA) is 171 Å². The van der Waals surface area contributed by atoms with E-state index in [4.69, 9.17) is 4.74 Å². The molecular formula is C33H42F5N9O5. The lowest BCUT2D eigenvalue weighted by molar-refractivity contribution is -0.301. The fraction of sp³-hybridized carbons (Fsp3) is 0.545. The minimum atomic E-state index is -5.75. The van der Waals surface area contributed by atoms with Gasteiger partial charge >= 0.3 is 12.1 Å². The van der Waals surface area contributed by atoms with Crippen LogP contribution in [0, 0.1) is 25.7 Å². The molecule has 52 heavy (non-hydrogen) atoms. The third-order valence-corrected chi connectivity index (χ3v) is 8.47. The van der Waals surface area contributed by atoms with E-state index >= 15 is 0 Å². The summed E-state index contributed by atoms with van der Waals surface area (Å²) < 4.78 is 72.8. The molecule has 0 bridgehead atoms. The Bertz CT molecular complexity index is 1750. The van der Waals surface area contributed by atoms with Crippen LogP contribution in [0.4, 0.5) is 27.6 Å². The number of aryl methyl sites for hydroxylation is 2. The quantitative estimate of drug-likeness (QED) is 0.243. The number of aromatic amines is 1. The molecule has 2 aliphatic heterocycles. The number of carbonyl (C=O) groups excluding carboxylic acids is 2. The first kappa shape index (κ1) is 41.3. The first-order chi connectivity index (χ1) is 24.5. The normalized spacial score (nSPS) is 16.1. The van der Waals surface area contributed by atoms with Gasteiger partial charge in [0.15, 0.2) is 11.4 Å². The van der Waals surface area contributed by atoms with Gasteiger partial charge in [0.1, 0.15) is 30.7 Å². The third-order valence-electron chi connectivity index (χ3n) is 8.47. The molecule has 2 aromatic rings. The molecule has 2 aromatic heterocycles. The molecule has 0 aliphatic carbocycles. The lowest BCUT2D eigenvalue weighted by Gasteiger charge is -2.36. The number of amides is 2. The van der Waals surface area contributed by atoms with Crippen LogP contribution in [0.1, 0.15) is 61.3 Å². The van der Waals surface area contributed by atoms with Crippen molar-refractivity contribution in [1.82, 2.24) is 39.9 Å². The van der Waals surface area contributed by atoms with Crippen molar-refractivity contribution < 1.29 is 41.4 Å². The molecule has 0 radical (unpaired) electrons. The Balaban J connectivity index is 0.00000358. The van der Waals surface area contributed by atoms with E-state index in [1.165, 1.54) is 31.4 Å². The first-order valence-corrected chi connectivity index (χ1v) is 16.4. The number of rotatable bonds is 10. The van der Waals surface area contributed by atoms with Crippen LogP contribution >= 0.6 is 0 Å². The lowest BCUT2D eigenvalue weighted by atomic mass is 9.95. The third kappa shape index (κ3) is 9.80. The van der Waals surface area contributed by atoms with Gasteiger partial charge in [0.25, 0.3) is 11.5 Å². The summed E-state index contributed by atoms with van der Waals surface area (Å²) in [6.45, 7) is 5.94. The predicted octanol–water partition coefficient (Wildman–Crippen LogP) is 3.20. The molecule has 4 rings (SSSR count). The maximum atomic E-state index is 14.4. The van der Waals surface area contributed by atoms with Crippen molar-refractivity contribution in [1.29, 1.82) is 0 Å². The van der Waals surface area contributed by atoms with Gasteiger partial charge in [-0.2, -0.15) is 22.0 Å². The molecule has 19 heteroatoms. The second-order valence-corrected chi connectivity index (χ2v) is 12.1. The average molecular weight is 740 g/mol. The molecule has 3 N–H and O–H groups in total. The zero-order valence-electron chi connectivity index (χ0n) is 29.2. The molecule has 4 heterocycles. The summed E-state index contributed by atoms with van der Waals surface area (Å²) in [5, 5.41) is 15.7. The number of terminal acetylenes is 1. The Morgan fingerprint density at radius 3 is 2.31 bits per heavy atom. The number of hydrogen-bond donors (Lipinski definition) is 3. The average Bonchev–Trinajstić information content (AvgIpc) is 3.17. The van der Waals surface area contributed by atoms with Crippen molar-refractivity contribution in [2.75, 3.05) is 44.3 Å². The molecule has 2 atom stereocenters. The summed E-state index contributed by atoms with van der Waals surface area (Å²) in [7, 11) is 0. The van der Waals surface area contributed by atoms with E-state index in [1.54, 1.807) is 17.9 Å². The van der Waals surface area contributed by atoms with Gasteiger partial charge in [0.05, 0.1) is 24.6 Å². The van der Waals surface area contributed by atoms with Crippen LogP contribution in [0.3, 0.4) is 0 Å². The molecule has 2 amide bonds. The molecule has 1 saturated heterocycles. The van der Waals surface area contributed by atoms with Crippen LogP contribution in [0.2, 0.25) is 0 Å². The Morgan fingerprint density at radius 1 is 1.06 bits per heavy atom. The van der Waals surface area contributed by atoms with Gasteiger partial charge in [-0.1, -0.05) is 19.9 Å². The van der Waals surface area contributed by atoms with Crippen LogP contribution < -0.4 is 15.8 Å². The molecule has 0 saturated carbocycles. The van der Waals surface area contributed by atoms with Gasteiger partial charge in [-0.05, 0) is 38.7 Å². The smallest absolute Gasteiger partial charge is 0.453 e. The van der Waals surface area contributed by atoms with Crippen molar-refractivity contribution in [2.45, 2.75) is 71.6 Å². The fourth-order valence-electron chi connectivity index (χ4n) is 5.65. The summed E-state index contributed by atoms with van der Waals surface area (Å²) in [5.41, 5.74) is 0.516. The Kier molecular flexibility index (Phi) is 14.2. The van der Waals surface area contributed by atoms with Crippen molar-refractivity contribution in [3.8, 4) is 18.6 Å². The summed E-state index contributed by atoms with van der Waals surface area (Å²) in [6.07, 6.45) is 6.46. The maximum absolute atomic E-state index is 14.4. The molecule has 14 nitrogen and oxygen atoms in total. The van der Waals surface area contributed by atoms with E-state index < -0.39 is 54.4 Å². The lowest BCUT2D eigenvalue weighted by Crippen LogP contribution is -2.51. The monoisotopic (exact) mass is 739 g/mol. The number of piperazine rings is 1. The fourth-order valence-corrected chi connectivity index (χ4v) is 5.65. The van der Waals surface area contributed by atoms with Crippen LogP contribution in [-0.4, -0.2) is 109 Å². The highest BCUT2D eigenvalue weighted by atomic mass is 19.4. The summed E-state index contributed by atoms with van der Waals surface area (Å²) in [6, 6.07) is -1.10. The van der Waals surface area contributed by atoms with Crippen LogP contribution in [0.5, 0.6) is 5.75 Å². The number of halogens is 5.